The molecule has 8 nitrogen and oxygen atoms in total. The number of hydrogen-bond acceptors (Lipinski definition) is 8. The normalized spacial score (nSPS) is 17.6. The molecule has 1 aromatic heterocycles. The Morgan fingerprint density at radius 1 is 1.17 bits per heavy atom. The van der Waals surface area contributed by atoms with Crippen LogP contribution in [-0.4, -0.2) is 58.4 Å². The van der Waals surface area contributed by atoms with E-state index in [0.717, 1.165) is 54.4 Å². The highest BCUT2D eigenvalue weighted by molar-refractivity contribution is 8.00. The Morgan fingerprint density at radius 2 is 1.90 bits per heavy atom. The van der Waals surface area contributed by atoms with Crippen molar-refractivity contribution in [3.63, 3.8) is 0 Å². The minimum Gasteiger partial charge on any atom is -0.488 e. The first-order valence-corrected chi connectivity index (χ1v) is 15.9. The molecule has 1 saturated heterocycles. The van der Waals surface area contributed by atoms with Crippen LogP contribution in [0.3, 0.4) is 0 Å². The van der Waals surface area contributed by atoms with E-state index in [1.807, 2.05) is 30.0 Å². The first kappa shape index (κ1) is 30.4. The lowest BCUT2D eigenvalue weighted by Gasteiger charge is -2.35. The minimum absolute atomic E-state index is 0.0633. The lowest BCUT2D eigenvalue weighted by atomic mass is 9.82. The standard InChI is InChI=1S/C32H40ClN5O3S/c1-18(2)42-27-10-8-7-9-25(27)35-30-24(33)17-34-32(37-30)36-26-15-19(3)28(23-16-20(4)41-29(23)26)22-11-13-38(14-12-22)31(39)21(5)40-6/h7-10,15,17-18,20-22H,11-14,16H2,1-6H3,(H2,34,35,36,37)/t20-,21?/m0/s1. The van der Waals surface area contributed by atoms with Gasteiger partial charge in [0.05, 0.1) is 17.6 Å². The molecule has 224 valence electrons. The van der Waals surface area contributed by atoms with Gasteiger partial charge in [0, 0.05) is 42.3 Å². The Kier molecular flexibility index (Phi) is 9.50. The van der Waals surface area contributed by atoms with Crippen LogP contribution in [-0.2, 0) is 16.0 Å². The zero-order valence-electron chi connectivity index (χ0n) is 25.2. The van der Waals surface area contributed by atoms with Crippen LogP contribution in [0, 0.1) is 6.92 Å². The Morgan fingerprint density at radius 3 is 2.62 bits per heavy atom. The molecule has 2 N–H and O–H groups in total. The summed E-state index contributed by atoms with van der Waals surface area (Å²) in [7, 11) is 1.58. The molecule has 5 rings (SSSR count). The van der Waals surface area contributed by atoms with Crippen LogP contribution in [0.15, 0.2) is 41.4 Å². The number of amides is 1. The number of carbonyl (C=O) groups excluding carboxylic acids is 1. The maximum Gasteiger partial charge on any atom is 0.251 e. The predicted molar refractivity (Wildman–Crippen MR) is 171 cm³/mol. The van der Waals surface area contributed by atoms with Gasteiger partial charge in [0.2, 0.25) is 5.95 Å². The number of carbonyl (C=O) groups is 1. The monoisotopic (exact) mass is 609 g/mol. The molecule has 0 radical (unpaired) electrons. The maximum atomic E-state index is 12.6. The maximum absolute atomic E-state index is 12.6. The van der Waals surface area contributed by atoms with Crippen LogP contribution >= 0.6 is 23.4 Å². The van der Waals surface area contributed by atoms with Gasteiger partial charge >= 0.3 is 0 Å². The van der Waals surface area contributed by atoms with Gasteiger partial charge in [0.1, 0.15) is 23.0 Å². The van der Waals surface area contributed by atoms with E-state index in [9.17, 15) is 4.79 Å². The summed E-state index contributed by atoms with van der Waals surface area (Å²) in [5.41, 5.74) is 5.60. The number of ether oxygens (including phenoxy) is 2. The molecule has 2 atom stereocenters. The molecule has 2 aliphatic rings. The van der Waals surface area contributed by atoms with Crippen LogP contribution < -0.4 is 15.4 Å². The van der Waals surface area contributed by atoms with Crippen LogP contribution in [0.4, 0.5) is 23.1 Å². The van der Waals surface area contributed by atoms with Gasteiger partial charge in [-0.25, -0.2) is 4.98 Å². The average molecular weight is 610 g/mol. The summed E-state index contributed by atoms with van der Waals surface area (Å²) >= 11 is 8.31. The van der Waals surface area contributed by atoms with Gasteiger partial charge in [-0.1, -0.05) is 37.6 Å². The second kappa shape index (κ2) is 13.1. The number of anilines is 4. The van der Waals surface area contributed by atoms with Crippen LogP contribution in [0.1, 0.15) is 63.1 Å². The van der Waals surface area contributed by atoms with Gasteiger partial charge in [-0.2, -0.15) is 4.98 Å². The predicted octanol–water partition coefficient (Wildman–Crippen LogP) is 7.49. The number of benzene rings is 2. The summed E-state index contributed by atoms with van der Waals surface area (Å²) in [6.07, 6.45) is 3.96. The Balaban J connectivity index is 1.38. The first-order chi connectivity index (χ1) is 20.1. The lowest BCUT2D eigenvalue weighted by molar-refractivity contribution is -0.142. The van der Waals surface area contributed by atoms with Crippen molar-refractivity contribution in [2.24, 2.45) is 0 Å². The fraction of sp³-hybridized carbons (Fsp3) is 0.469. The lowest BCUT2D eigenvalue weighted by Crippen LogP contribution is -2.43. The van der Waals surface area contributed by atoms with Crippen molar-refractivity contribution in [3.8, 4) is 5.75 Å². The summed E-state index contributed by atoms with van der Waals surface area (Å²) in [6.45, 7) is 11.9. The van der Waals surface area contributed by atoms with Crippen LogP contribution in [0.2, 0.25) is 5.02 Å². The molecule has 2 aromatic carbocycles. The summed E-state index contributed by atoms with van der Waals surface area (Å²) in [6, 6.07) is 10.3. The second-order valence-corrected chi connectivity index (χ2v) is 13.4. The summed E-state index contributed by atoms with van der Waals surface area (Å²) < 4.78 is 11.6. The number of rotatable bonds is 9. The number of nitrogens with one attached hydrogen (secondary N) is 2. The molecule has 0 aliphatic carbocycles. The van der Waals surface area contributed by atoms with Crippen molar-refractivity contribution in [2.75, 3.05) is 30.8 Å². The van der Waals surface area contributed by atoms with Gasteiger partial charge in [0.25, 0.3) is 5.91 Å². The number of fused-ring (bicyclic) bond motifs is 1. The summed E-state index contributed by atoms with van der Waals surface area (Å²) in [5.74, 6) is 2.27. The Hall–Kier alpha value is -3.01. The smallest absolute Gasteiger partial charge is 0.251 e. The zero-order valence-corrected chi connectivity index (χ0v) is 26.7. The molecule has 2 aliphatic heterocycles. The van der Waals surface area contributed by atoms with Crippen molar-refractivity contribution in [3.05, 3.63) is 58.2 Å². The van der Waals surface area contributed by atoms with Gasteiger partial charge in [-0.3, -0.25) is 4.79 Å². The summed E-state index contributed by atoms with van der Waals surface area (Å²) in [4.78, 5) is 24.9. The third kappa shape index (κ3) is 6.63. The fourth-order valence-corrected chi connectivity index (χ4v) is 6.90. The highest BCUT2D eigenvalue weighted by atomic mass is 35.5. The van der Waals surface area contributed by atoms with Gasteiger partial charge in [-0.05, 0) is 68.9 Å². The number of halogens is 1. The number of piperidine rings is 1. The molecular weight excluding hydrogens is 570 g/mol. The van der Waals surface area contributed by atoms with Crippen molar-refractivity contribution >= 4 is 52.4 Å². The molecule has 10 heteroatoms. The van der Waals surface area contributed by atoms with E-state index in [-0.39, 0.29) is 12.0 Å². The molecule has 0 saturated carbocycles. The van der Waals surface area contributed by atoms with E-state index in [1.165, 1.54) is 16.7 Å². The number of thioether (sulfide) groups is 1. The molecule has 3 heterocycles. The third-order valence-corrected chi connectivity index (χ3v) is 9.21. The van der Waals surface area contributed by atoms with Crippen LogP contribution in [0.5, 0.6) is 5.75 Å². The second-order valence-electron chi connectivity index (χ2n) is 11.4. The first-order valence-electron chi connectivity index (χ1n) is 14.6. The van der Waals surface area contributed by atoms with Crippen molar-refractivity contribution in [1.29, 1.82) is 0 Å². The molecule has 0 bridgehead atoms. The third-order valence-electron chi connectivity index (χ3n) is 7.85. The molecule has 1 unspecified atom stereocenters. The highest BCUT2D eigenvalue weighted by Crippen LogP contribution is 2.46. The number of nitrogens with zero attached hydrogens (tertiary/aromatic N) is 3. The van der Waals surface area contributed by atoms with Gasteiger partial charge in [0.15, 0.2) is 5.82 Å². The average Bonchev–Trinajstić information content (AvgIpc) is 3.36. The molecule has 3 aromatic rings. The van der Waals surface area contributed by atoms with Gasteiger partial charge in [-0.15, -0.1) is 11.8 Å². The van der Waals surface area contributed by atoms with E-state index < -0.39 is 6.10 Å². The number of likely N-dealkylation sites (tertiary alicyclic amines) is 1. The number of aromatic nitrogens is 2. The number of methoxy groups -OCH3 is 1. The van der Waals surface area contributed by atoms with Gasteiger partial charge < -0.3 is 25.0 Å². The SMILES string of the molecule is COC(C)C(=O)N1CCC(c2c(C)cc(Nc3ncc(Cl)c(Nc4ccccc4SC(C)C)n3)c3c2C[C@H](C)O3)CC1. The molecule has 0 spiro atoms. The largest absolute Gasteiger partial charge is 0.488 e. The number of hydrogen-bond donors (Lipinski definition) is 2. The van der Waals surface area contributed by atoms with Crippen molar-refractivity contribution in [2.45, 2.75) is 82.2 Å². The summed E-state index contributed by atoms with van der Waals surface area (Å²) in [5, 5.41) is 7.71. The van der Waals surface area contributed by atoms with E-state index in [1.54, 1.807) is 25.1 Å². The van der Waals surface area contributed by atoms with E-state index >= 15 is 0 Å². The van der Waals surface area contributed by atoms with E-state index in [4.69, 9.17) is 26.1 Å². The van der Waals surface area contributed by atoms with Crippen molar-refractivity contribution < 1.29 is 14.3 Å². The van der Waals surface area contributed by atoms with Crippen molar-refractivity contribution in [1.82, 2.24) is 14.9 Å². The van der Waals surface area contributed by atoms with Crippen LogP contribution in [0.25, 0.3) is 0 Å². The highest BCUT2D eigenvalue weighted by Gasteiger charge is 2.33. The molecule has 1 fully saturated rings. The number of para-hydroxylation sites is 1. The Bertz CT molecular complexity index is 1440. The van der Waals surface area contributed by atoms with E-state index in [0.29, 0.717) is 28.0 Å². The molecular formula is C32H40ClN5O3S. The number of aryl methyl sites for hydroxylation is 1. The zero-order chi connectivity index (χ0) is 30.0. The fourth-order valence-electron chi connectivity index (χ4n) is 5.85. The van der Waals surface area contributed by atoms with E-state index in [2.05, 4.69) is 55.4 Å². The quantitative estimate of drug-likeness (QED) is 0.241. The minimum atomic E-state index is -0.411. The molecule has 1 amide bonds. The molecule has 42 heavy (non-hydrogen) atoms. The Labute approximate surface area is 257 Å². The topological polar surface area (TPSA) is 88.6 Å².